The van der Waals surface area contributed by atoms with Gasteiger partial charge in [0.25, 0.3) is 11.8 Å². The fraction of sp³-hybridized carbons (Fsp3) is 0.273. The van der Waals surface area contributed by atoms with Crippen molar-refractivity contribution in [3.63, 3.8) is 0 Å². The van der Waals surface area contributed by atoms with Crippen molar-refractivity contribution in [3.8, 4) is 0 Å². The highest BCUT2D eigenvalue weighted by molar-refractivity contribution is 7.16. The maximum Gasteiger partial charge on any atom is 0.257 e. The Kier molecular flexibility index (Phi) is 6.33. The average molecular weight is 453 g/mol. The van der Waals surface area contributed by atoms with Gasteiger partial charge in [-0.05, 0) is 31.2 Å². The number of imidazole rings is 1. The van der Waals surface area contributed by atoms with Crippen molar-refractivity contribution in [2.45, 2.75) is 25.4 Å². The van der Waals surface area contributed by atoms with Crippen LogP contribution in [0.4, 0.5) is 5.00 Å². The Labute approximate surface area is 189 Å². The number of likely N-dealkylation sites (N-methyl/N-ethyl adjacent to an activating group) is 1. The second-order valence-electron chi connectivity index (χ2n) is 7.72. The molecule has 3 aromatic rings. The van der Waals surface area contributed by atoms with E-state index in [1.54, 1.807) is 36.5 Å². The van der Waals surface area contributed by atoms with Crippen LogP contribution in [0.3, 0.4) is 0 Å². The van der Waals surface area contributed by atoms with Crippen LogP contribution in [-0.4, -0.2) is 52.2 Å². The second-order valence-corrected chi connectivity index (χ2v) is 8.83. The van der Waals surface area contributed by atoms with Gasteiger partial charge in [0.2, 0.25) is 5.91 Å². The van der Waals surface area contributed by atoms with Gasteiger partial charge in [-0.25, -0.2) is 4.98 Å². The van der Waals surface area contributed by atoms with E-state index in [0.717, 1.165) is 17.0 Å². The van der Waals surface area contributed by atoms with E-state index in [9.17, 15) is 14.4 Å². The van der Waals surface area contributed by atoms with Gasteiger partial charge in [0.1, 0.15) is 11.0 Å². The van der Waals surface area contributed by atoms with Gasteiger partial charge in [-0.15, -0.1) is 11.3 Å². The zero-order valence-corrected chi connectivity index (χ0v) is 18.4. The number of imide groups is 1. The lowest BCUT2D eigenvalue weighted by Gasteiger charge is -2.22. The summed E-state index contributed by atoms with van der Waals surface area (Å²) >= 11 is 1.42. The van der Waals surface area contributed by atoms with Crippen LogP contribution in [-0.2, 0) is 24.2 Å². The summed E-state index contributed by atoms with van der Waals surface area (Å²) in [5.74, 6) is -1.53. The summed E-state index contributed by atoms with van der Waals surface area (Å²) in [6, 6.07) is 7.70. The molecule has 0 bridgehead atoms. The van der Waals surface area contributed by atoms with E-state index in [1.165, 1.54) is 17.7 Å². The summed E-state index contributed by atoms with van der Waals surface area (Å²) in [5.41, 5.74) is 8.16. The molecule has 0 radical (unpaired) electrons. The quantitative estimate of drug-likeness (QED) is 0.430. The van der Waals surface area contributed by atoms with Gasteiger partial charge in [0.15, 0.2) is 0 Å². The van der Waals surface area contributed by atoms with Gasteiger partial charge in [0, 0.05) is 41.8 Å². The van der Waals surface area contributed by atoms with Crippen molar-refractivity contribution in [2.24, 2.45) is 5.73 Å². The number of thiophene rings is 1. The smallest absolute Gasteiger partial charge is 0.257 e. The molecule has 166 valence electrons. The van der Waals surface area contributed by atoms with Gasteiger partial charge in [-0.3, -0.25) is 19.7 Å². The minimum Gasteiger partial charge on any atom is -0.365 e. The molecular formula is C22H24N6O3S. The molecule has 1 aliphatic heterocycles. The van der Waals surface area contributed by atoms with Crippen molar-refractivity contribution < 1.29 is 14.4 Å². The molecule has 4 rings (SSSR count). The number of carbonyl (C=O) groups excluding carboxylic acids is 3. The maximum atomic E-state index is 13.1. The summed E-state index contributed by atoms with van der Waals surface area (Å²) in [6.45, 7) is 1.54. The summed E-state index contributed by atoms with van der Waals surface area (Å²) in [5, 5.41) is 6.18. The average Bonchev–Trinajstić information content (AvgIpc) is 3.40. The molecule has 10 heteroatoms. The predicted molar refractivity (Wildman–Crippen MR) is 121 cm³/mol. The van der Waals surface area contributed by atoms with Crippen LogP contribution in [0, 0.1) is 0 Å². The van der Waals surface area contributed by atoms with E-state index in [-0.39, 0.29) is 6.42 Å². The number of primary amides is 1. The Morgan fingerprint density at radius 3 is 2.75 bits per heavy atom. The van der Waals surface area contributed by atoms with E-state index in [0.29, 0.717) is 34.8 Å². The molecule has 1 atom stereocenters. The third-order valence-corrected chi connectivity index (χ3v) is 6.52. The fourth-order valence-electron chi connectivity index (χ4n) is 3.74. The van der Waals surface area contributed by atoms with E-state index >= 15 is 0 Å². The number of benzene rings is 1. The topological polar surface area (TPSA) is 133 Å². The lowest BCUT2D eigenvalue weighted by atomic mass is 10.0. The summed E-state index contributed by atoms with van der Waals surface area (Å²) in [7, 11) is 2.02. The summed E-state index contributed by atoms with van der Waals surface area (Å²) < 4.78 is 0. The first-order valence-corrected chi connectivity index (χ1v) is 11.0. The Morgan fingerprint density at radius 2 is 2.06 bits per heavy atom. The number of anilines is 1. The molecule has 0 aliphatic carbocycles. The number of H-pyrrole nitrogens is 1. The Morgan fingerprint density at radius 1 is 1.28 bits per heavy atom. The molecule has 32 heavy (non-hydrogen) atoms. The molecule has 3 heterocycles. The molecule has 1 aromatic carbocycles. The minimum absolute atomic E-state index is 0.245. The Hall–Kier alpha value is -3.50. The van der Waals surface area contributed by atoms with E-state index in [2.05, 4.69) is 25.5 Å². The van der Waals surface area contributed by atoms with Crippen molar-refractivity contribution >= 4 is 34.1 Å². The largest absolute Gasteiger partial charge is 0.365 e. The molecule has 0 unspecified atom stereocenters. The van der Waals surface area contributed by atoms with Gasteiger partial charge >= 0.3 is 0 Å². The van der Waals surface area contributed by atoms with Crippen LogP contribution in [0.1, 0.15) is 36.9 Å². The molecule has 1 aliphatic rings. The SMILES string of the molecule is CN1CCc2c(sc(N[C@@H](Cc3cnc[nH]3)C(=O)NC(=O)c3ccccc3)c2C(N)=O)C1. The molecule has 0 spiro atoms. The van der Waals surface area contributed by atoms with E-state index in [1.807, 2.05) is 7.05 Å². The van der Waals surface area contributed by atoms with Crippen molar-refractivity contribution in [1.29, 1.82) is 0 Å². The number of nitrogens with zero attached hydrogens (tertiary/aromatic N) is 2. The number of nitrogens with two attached hydrogens (primary N) is 1. The van der Waals surface area contributed by atoms with Crippen LogP contribution in [0.5, 0.6) is 0 Å². The van der Waals surface area contributed by atoms with Crippen LogP contribution < -0.4 is 16.4 Å². The molecule has 0 fully saturated rings. The van der Waals surface area contributed by atoms with Crippen LogP contribution in [0.15, 0.2) is 42.9 Å². The molecule has 2 aromatic heterocycles. The van der Waals surface area contributed by atoms with Gasteiger partial charge in [0.05, 0.1) is 11.9 Å². The zero-order chi connectivity index (χ0) is 22.7. The Balaban J connectivity index is 1.61. The normalized spacial score (nSPS) is 14.4. The van der Waals surface area contributed by atoms with Crippen molar-refractivity contribution in [3.05, 3.63) is 70.1 Å². The fourth-order valence-corrected chi connectivity index (χ4v) is 5.12. The number of nitrogens with one attached hydrogen (secondary N) is 3. The van der Waals surface area contributed by atoms with Gasteiger partial charge < -0.3 is 20.9 Å². The molecule has 3 amide bonds. The lowest BCUT2D eigenvalue weighted by molar-refractivity contribution is -0.120. The molecular weight excluding hydrogens is 428 g/mol. The lowest BCUT2D eigenvalue weighted by Crippen LogP contribution is -2.44. The number of fused-ring (bicyclic) bond motifs is 1. The number of carbonyl (C=O) groups is 3. The number of amides is 3. The van der Waals surface area contributed by atoms with Crippen molar-refractivity contribution in [1.82, 2.24) is 20.2 Å². The molecule has 9 nitrogen and oxygen atoms in total. The van der Waals surface area contributed by atoms with Gasteiger partial charge in [-0.1, -0.05) is 18.2 Å². The number of aromatic nitrogens is 2. The highest BCUT2D eigenvalue weighted by Gasteiger charge is 2.29. The third-order valence-electron chi connectivity index (χ3n) is 5.37. The first-order chi connectivity index (χ1) is 15.4. The van der Waals surface area contributed by atoms with Crippen LogP contribution in [0.2, 0.25) is 0 Å². The van der Waals surface area contributed by atoms with Crippen LogP contribution >= 0.6 is 11.3 Å². The first kappa shape index (κ1) is 21.7. The second kappa shape index (κ2) is 9.33. The van der Waals surface area contributed by atoms with Crippen LogP contribution in [0.25, 0.3) is 0 Å². The highest BCUT2D eigenvalue weighted by atomic mass is 32.1. The van der Waals surface area contributed by atoms with E-state index in [4.69, 9.17) is 5.73 Å². The summed E-state index contributed by atoms with van der Waals surface area (Å²) in [4.78, 5) is 48.1. The number of rotatable bonds is 7. The summed E-state index contributed by atoms with van der Waals surface area (Å²) in [6.07, 6.45) is 4.10. The van der Waals surface area contributed by atoms with Crippen molar-refractivity contribution in [2.75, 3.05) is 18.9 Å². The standard InChI is InChI=1S/C22H24N6O3S/c1-28-8-7-15-17(11-28)32-22(18(15)19(23)29)26-16(9-14-10-24-12-25-14)21(31)27-20(30)13-5-3-2-4-6-13/h2-6,10,12,16,26H,7-9,11H2,1H3,(H2,23,29)(H,24,25)(H,27,30,31)/t16-/m0/s1. The van der Waals surface area contributed by atoms with E-state index < -0.39 is 23.8 Å². The Bertz CT molecular complexity index is 1130. The number of aromatic amines is 1. The highest BCUT2D eigenvalue weighted by Crippen LogP contribution is 2.37. The monoisotopic (exact) mass is 452 g/mol. The molecule has 0 saturated carbocycles. The minimum atomic E-state index is -0.820. The first-order valence-electron chi connectivity index (χ1n) is 10.2. The third kappa shape index (κ3) is 4.71. The zero-order valence-electron chi connectivity index (χ0n) is 17.6. The molecule has 0 saturated heterocycles. The molecule has 5 N–H and O–H groups in total. The predicted octanol–water partition coefficient (Wildman–Crippen LogP) is 1.54. The maximum absolute atomic E-state index is 13.1. The number of hydrogen-bond donors (Lipinski definition) is 4. The van der Waals surface area contributed by atoms with Gasteiger partial charge in [-0.2, -0.15) is 0 Å². The number of hydrogen-bond acceptors (Lipinski definition) is 7.